The molecule has 0 saturated carbocycles. The molecular formula is C18H23F3N6. The first-order valence-corrected chi connectivity index (χ1v) is 9.18. The fourth-order valence-corrected chi connectivity index (χ4v) is 3.61. The molecule has 4 rings (SSSR count). The molecule has 2 aromatic rings. The van der Waals surface area contributed by atoms with Crippen LogP contribution in [0.4, 0.5) is 18.9 Å². The van der Waals surface area contributed by atoms with Gasteiger partial charge in [-0.25, -0.2) is 4.98 Å². The number of aromatic amines is 1. The Morgan fingerprint density at radius 1 is 1.19 bits per heavy atom. The number of aromatic nitrogens is 2. The van der Waals surface area contributed by atoms with E-state index >= 15 is 0 Å². The van der Waals surface area contributed by atoms with Gasteiger partial charge in [-0.05, 0) is 11.6 Å². The first kappa shape index (κ1) is 18.3. The summed E-state index contributed by atoms with van der Waals surface area (Å²) in [5.41, 5.74) is 1.71. The van der Waals surface area contributed by atoms with Gasteiger partial charge in [-0.15, -0.1) is 0 Å². The standard InChI is InChI=1S/C18H23F3N6/c19-18(20,21)14-11-25-17-13(9-15(26-17)12-1-2-23-10-12)16(14)24-5-8-27-6-3-22-4-7-27/h1,9,11,22-23H,2-8,10H2,(H2,24,25,26). The van der Waals surface area contributed by atoms with Crippen LogP contribution in [0.5, 0.6) is 0 Å². The third-order valence-electron chi connectivity index (χ3n) is 5.06. The van der Waals surface area contributed by atoms with Crippen LogP contribution in [-0.2, 0) is 6.18 Å². The monoisotopic (exact) mass is 380 g/mol. The molecule has 6 nitrogen and oxygen atoms in total. The molecule has 2 aliphatic rings. The molecule has 2 aromatic heterocycles. The van der Waals surface area contributed by atoms with Crippen LogP contribution >= 0.6 is 0 Å². The molecule has 27 heavy (non-hydrogen) atoms. The maximum Gasteiger partial charge on any atom is 0.419 e. The SMILES string of the molecule is FC(F)(F)c1cnc2[nH]c(C3=CCNC3)cc2c1NCCN1CCNCC1. The minimum absolute atomic E-state index is 0.108. The van der Waals surface area contributed by atoms with Crippen molar-refractivity contribution in [3.63, 3.8) is 0 Å². The van der Waals surface area contributed by atoms with Gasteiger partial charge in [-0.2, -0.15) is 13.2 Å². The van der Waals surface area contributed by atoms with Gasteiger partial charge in [-0.3, -0.25) is 4.90 Å². The largest absolute Gasteiger partial charge is 0.419 e. The van der Waals surface area contributed by atoms with E-state index < -0.39 is 11.7 Å². The van der Waals surface area contributed by atoms with Crippen LogP contribution in [-0.4, -0.2) is 67.2 Å². The van der Waals surface area contributed by atoms with Crippen LogP contribution in [0.15, 0.2) is 18.3 Å². The lowest BCUT2D eigenvalue weighted by molar-refractivity contribution is -0.137. The topological polar surface area (TPSA) is 68.0 Å². The van der Waals surface area contributed by atoms with Crippen molar-refractivity contribution in [1.29, 1.82) is 0 Å². The molecule has 0 bridgehead atoms. The highest BCUT2D eigenvalue weighted by Gasteiger charge is 2.35. The predicted octanol–water partition coefficient (Wildman–Crippen LogP) is 1.89. The molecule has 0 spiro atoms. The van der Waals surface area contributed by atoms with Gasteiger partial charge in [-0.1, -0.05) is 6.08 Å². The number of nitrogens with one attached hydrogen (secondary N) is 4. The van der Waals surface area contributed by atoms with Crippen LogP contribution in [0.3, 0.4) is 0 Å². The second-order valence-electron chi connectivity index (χ2n) is 6.87. The number of alkyl halides is 3. The molecule has 0 atom stereocenters. The number of rotatable bonds is 5. The van der Waals surface area contributed by atoms with E-state index in [1.807, 2.05) is 6.08 Å². The van der Waals surface area contributed by atoms with E-state index in [0.717, 1.165) is 50.2 Å². The maximum absolute atomic E-state index is 13.5. The summed E-state index contributed by atoms with van der Waals surface area (Å²) in [6.45, 7) is 6.27. The second-order valence-corrected chi connectivity index (χ2v) is 6.87. The van der Waals surface area contributed by atoms with E-state index in [4.69, 9.17) is 0 Å². The highest BCUT2D eigenvalue weighted by molar-refractivity contribution is 5.94. The summed E-state index contributed by atoms with van der Waals surface area (Å²) in [4.78, 5) is 9.41. The maximum atomic E-state index is 13.5. The van der Waals surface area contributed by atoms with E-state index in [2.05, 4.69) is 30.8 Å². The Kier molecular flexibility index (Phi) is 5.07. The first-order chi connectivity index (χ1) is 13.0. The number of anilines is 1. The smallest absolute Gasteiger partial charge is 0.383 e. The number of halogens is 3. The quantitative estimate of drug-likeness (QED) is 0.638. The fraction of sp³-hybridized carbons (Fsp3) is 0.500. The van der Waals surface area contributed by atoms with Crippen molar-refractivity contribution in [1.82, 2.24) is 25.5 Å². The molecule has 1 fully saturated rings. The van der Waals surface area contributed by atoms with Crippen molar-refractivity contribution in [3.8, 4) is 0 Å². The van der Waals surface area contributed by atoms with Gasteiger partial charge in [0.2, 0.25) is 0 Å². The van der Waals surface area contributed by atoms with Crippen LogP contribution in [0.25, 0.3) is 16.6 Å². The summed E-state index contributed by atoms with van der Waals surface area (Å²) in [6, 6.07) is 1.77. The first-order valence-electron chi connectivity index (χ1n) is 9.18. The van der Waals surface area contributed by atoms with Gasteiger partial charge < -0.3 is 20.9 Å². The Morgan fingerprint density at radius 3 is 2.70 bits per heavy atom. The Balaban J connectivity index is 1.62. The fourth-order valence-electron chi connectivity index (χ4n) is 3.61. The number of H-pyrrole nitrogens is 1. The summed E-state index contributed by atoms with van der Waals surface area (Å²) in [7, 11) is 0. The zero-order valence-electron chi connectivity index (χ0n) is 14.9. The Bertz CT molecular complexity index is 835. The van der Waals surface area contributed by atoms with Crippen LogP contribution < -0.4 is 16.0 Å². The summed E-state index contributed by atoms with van der Waals surface area (Å²) >= 11 is 0. The van der Waals surface area contributed by atoms with Crippen LogP contribution in [0.2, 0.25) is 0 Å². The van der Waals surface area contributed by atoms with Crippen molar-refractivity contribution in [2.75, 3.05) is 57.7 Å². The van der Waals surface area contributed by atoms with Gasteiger partial charge in [0, 0.05) is 69.6 Å². The number of piperazine rings is 1. The summed E-state index contributed by atoms with van der Waals surface area (Å²) in [5.74, 6) is 0. The number of hydrogen-bond donors (Lipinski definition) is 4. The molecule has 9 heteroatoms. The zero-order valence-corrected chi connectivity index (χ0v) is 14.9. The average molecular weight is 380 g/mol. The molecule has 146 valence electrons. The van der Waals surface area contributed by atoms with E-state index in [9.17, 15) is 13.2 Å². The average Bonchev–Trinajstić information content (AvgIpc) is 3.31. The van der Waals surface area contributed by atoms with Crippen molar-refractivity contribution >= 4 is 22.3 Å². The molecule has 2 aliphatic heterocycles. The van der Waals surface area contributed by atoms with Crippen LogP contribution in [0, 0.1) is 0 Å². The van der Waals surface area contributed by atoms with E-state index in [0.29, 0.717) is 30.7 Å². The summed E-state index contributed by atoms with van der Waals surface area (Å²) in [6.07, 6.45) is -1.51. The molecule has 0 radical (unpaired) electrons. The third-order valence-corrected chi connectivity index (χ3v) is 5.06. The molecule has 4 heterocycles. The van der Waals surface area contributed by atoms with Crippen molar-refractivity contribution in [2.24, 2.45) is 0 Å². The lowest BCUT2D eigenvalue weighted by Gasteiger charge is -2.27. The molecule has 4 N–H and O–H groups in total. The molecular weight excluding hydrogens is 357 g/mol. The van der Waals surface area contributed by atoms with E-state index in [1.165, 1.54) is 0 Å². The molecule has 0 unspecified atom stereocenters. The molecule has 0 aliphatic carbocycles. The highest BCUT2D eigenvalue weighted by atomic mass is 19.4. The van der Waals surface area contributed by atoms with Crippen molar-refractivity contribution in [2.45, 2.75) is 6.18 Å². The molecule has 0 amide bonds. The number of pyridine rings is 1. The van der Waals surface area contributed by atoms with E-state index in [-0.39, 0.29) is 5.69 Å². The molecule has 1 saturated heterocycles. The normalized spacial score (nSPS) is 18.9. The summed E-state index contributed by atoms with van der Waals surface area (Å²) < 4.78 is 40.6. The van der Waals surface area contributed by atoms with Crippen LogP contribution in [0.1, 0.15) is 11.3 Å². The number of nitrogens with zero attached hydrogens (tertiary/aromatic N) is 2. The van der Waals surface area contributed by atoms with E-state index in [1.54, 1.807) is 6.07 Å². The Morgan fingerprint density at radius 2 is 2.00 bits per heavy atom. The predicted molar refractivity (Wildman–Crippen MR) is 99.7 cm³/mol. The lowest BCUT2D eigenvalue weighted by atomic mass is 10.1. The third kappa shape index (κ3) is 3.95. The number of fused-ring (bicyclic) bond motifs is 1. The van der Waals surface area contributed by atoms with Gasteiger partial charge in [0.25, 0.3) is 0 Å². The summed E-state index contributed by atoms with van der Waals surface area (Å²) in [5, 5.41) is 9.99. The van der Waals surface area contributed by atoms with Gasteiger partial charge in [0.05, 0.1) is 11.3 Å². The number of hydrogen-bond acceptors (Lipinski definition) is 5. The highest BCUT2D eigenvalue weighted by Crippen LogP contribution is 2.38. The van der Waals surface area contributed by atoms with Crippen molar-refractivity contribution in [3.05, 3.63) is 29.6 Å². The van der Waals surface area contributed by atoms with Gasteiger partial charge >= 0.3 is 6.18 Å². The molecule has 0 aromatic carbocycles. The van der Waals surface area contributed by atoms with Gasteiger partial charge in [0.1, 0.15) is 5.65 Å². The minimum Gasteiger partial charge on any atom is -0.383 e. The minimum atomic E-state index is -4.45. The zero-order chi connectivity index (χ0) is 18.9. The second kappa shape index (κ2) is 7.49. The Labute approximate surface area is 155 Å². The van der Waals surface area contributed by atoms with Gasteiger partial charge in [0.15, 0.2) is 0 Å². The Hall–Kier alpha value is -2.10. The van der Waals surface area contributed by atoms with Crippen molar-refractivity contribution < 1.29 is 13.2 Å². The lowest BCUT2D eigenvalue weighted by Crippen LogP contribution is -2.45.